The van der Waals surface area contributed by atoms with E-state index in [0.717, 1.165) is 21.9 Å². The van der Waals surface area contributed by atoms with Crippen LogP contribution in [-0.2, 0) is 6.18 Å². The molecule has 114 valence electrons. The highest BCUT2D eigenvalue weighted by atomic mass is 32.1. The Hall–Kier alpha value is -1.40. The highest BCUT2D eigenvalue weighted by Crippen LogP contribution is 2.35. The van der Waals surface area contributed by atoms with Crippen molar-refractivity contribution in [2.45, 2.75) is 26.1 Å². The SMILES string of the molecule is CCNC(c1ccc(F)c(C(F)(F)F)c1)c1ccc(C)s1. The summed E-state index contributed by atoms with van der Waals surface area (Å²) in [5.41, 5.74) is -0.816. The molecule has 0 amide bonds. The molecular formula is C15H15F4NS. The van der Waals surface area contributed by atoms with Crippen LogP contribution in [0.15, 0.2) is 30.3 Å². The topological polar surface area (TPSA) is 12.0 Å². The highest BCUT2D eigenvalue weighted by Gasteiger charge is 2.34. The molecule has 0 bridgehead atoms. The molecule has 0 aliphatic rings. The van der Waals surface area contributed by atoms with E-state index < -0.39 is 17.6 Å². The van der Waals surface area contributed by atoms with Gasteiger partial charge in [0.1, 0.15) is 5.82 Å². The van der Waals surface area contributed by atoms with Gasteiger partial charge in [-0.15, -0.1) is 11.3 Å². The van der Waals surface area contributed by atoms with Crippen LogP contribution in [0.2, 0.25) is 0 Å². The van der Waals surface area contributed by atoms with Gasteiger partial charge in [0.15, 0.2) is 0 Å². The van der Waals surface area contributed by atoms with E-state index in [1.807, 2.05) is 26.0 Å². The molecule has 1 atom stereocenters. The number of rotatable bonds is 4. The van der Waals surface area contributed by atoms with Gasteiger partial charge >= 0.3 is 6.18 Å². The number of aryl methyl sites for hydroxylation is 1. The quantitative estimate of drug-likeness (QED) is 0.790. The number of thiophene rings is 1. The maximum Gasteiger partial charge on any atom is 0.419 e. The first-order chi connectivity index (χ1) is 9.82. The Bertz CT molecular complexity index is 618. The van der Waals surface area contributed by atoms with Gasteiger partial charge < -0.3 is 5.32 Å². The summed E-state index contributed by atoms with van der Waals surface area (Å²) in [6.07, 6.45) is -4.69. The van der Waals surface area contributed by atoms with Gasteiger partial charge in [0, 0.05) is 9.75 Å². The lowest BCUT2D eigenvalue weighted by atomic mass is 10.0. The zero-order valence-corrected chi connectivity index (χ0v) is 12.4. The lowest BCUT2D eigenvalue weighted by Gasteiger charge is -2.19. The van der Waals surface area contributed by atoms with E-state index in [-0.39, 0.29) is 6.04 Å². The van der Waals surface area contributed by atoms with E-state index in [4.69, 9.17) is 0 Å². The van der Waals surface area contributed by atoms with Crippen molar-refractivity contribution in [2.24, 2.45) is 0 Å². The van der Waals surface area contributed by atoms with Crippen LogP contribution in [0.5, 0.6) is 0 Å². The number of benzene rings is 1. The molecule has 1 aromatic carbocycles. The average molecular weight is 317 g/mol. The number of nitrogens with one attached hydrogen (secondary N) is 1. The molecule has 2 aromatic rings. The summed E-state index contributed by atoms with van der Waals surface area (Å²) in [6, 6.07) is 6.59. The van der Waals surface area contributed by atoms with Gasteiger partial charge in [-0.05, 0) is 43.3 Å². The summed E-state index contributed by atoms with van der Waals surface area (Å²) in [6.45, 7) is 4.41. The van der Waals surface area contributed by atoms with Crippen LogP contribution >= 0.6 is 11.3 Å². The second-order valence-electron chi connectivity index (χ2n) is 4.68. The minimum atomic E-state index is -4.69. The maximum absolute atomic E-state index is 13.4. The monoisotopic (exact) mass is 317 g/mol. The Balaban J connectivity index is 2.46. The fraction of sp³-hybridized carbons (Fsp3) is 0.333. The highest BCUT2D eigenvalue weighted by molar-refractivity contribution is 7.12. The van der Waals surface area contributed by atoms with Crippen molar-refractivity contribution in [3.05, 3.63) is 57.0 Å². The van der Waals surface area contributed by atoms with Gasteiger partial charge in [-0.2, -0.15) is 13.2 Å². The van der Waals surface area contributed by atoms with Crippen molar-refractivity contribution in [1.82, 2.24) is 5.32 Å². The molecule has 1 aromatic heterocycles. The predicted molar refractivity (Wildman–Crippen MR) is 76.0 cm³/mol. The summed E-state index contributed by atoms with van der Waals surface area (Å²) < 4.78 is 51.9. The van der Waals surface area contributed by atoms with Gasteiger partial charge in [0.05, 0.1) is 11.6 Å². The van der Waals surface area contributed by atoms with E-state index >= 15 is 0 Å². The minimum absolute atomic E-state index is 0.365. The van der Waals surface area contributed by atoms with Gasteiger partial charge in [0.2, 0.25) is 0 Å². The minimum Gasteiger partial charge on any atom is -0.306 e. The first kappa shape index (κ1) is 16.0. The van der Waals surface area contributed by atoms with Gasteiger partial charge in [0.25, 0.3) is 0 Å². The number of halogens is 4. The molecule has 0 radical (unpaired) electrons. The lowest BCUT2D eigenvalue weighted by Crippen LogP contribution is -2.22. The number of alkyl halides is 3. The number of hydrogen-bond donors (Lipinski definition) is 1. The molecule has 1 nitrogen and oxygen atoms in total. The molecule has 0 aliphatic carbocycles. The second-order valence-corrected chi connectivity index (χ2v) is 6.00. The molecule has 0 saturated heterocycles. The average Bonchev–Trinajstić information content (AvgIpc) is 2.82. The van der Waals surface area contributed by atoms with E-state index in [1.165, 1.54) is 17.4 Å². The van der Waals surface area contributed by atoms with Crippen LogP contribution in [0, 0.1) is 12.7 Å². The normalized spacial score (nSPS) is 13.4. The standard InChI is InChI=1S/C15H15F4NS/c1-3-20-14(13-7-4-9(2)21-13)10-5-6-12(16)11(8-10)15(17,18)19/h4-8,14,20H,3H2,1-2H3. The molecular weight excluding hydrogens is 302 g/mol. The largest absolute Gasteiger partial charge is 0.419 e. The smallest absolute Gasteiger partial charge is 0.306 e. The zero-order chi connectivity index (χ0) is 15.6. The first-order valence-electron chi connectivity index (χ1n) is 6.49. The molecule has 0 aliphatic heterocycles. The third-order valence-electron chi connectivity index (χ3n) is 3.08. The number of hydrogen-bond acceptors (Lipinski definition) is 2. The Morgan fingerprint density at radius 1 is 1.19 bits per heavy atom. The Labute approximate surface area is 124 Å². The van der Waals surface area contributed by atoms with Crippen molar-refractivity contribution in [1.29, 1.82) is 0 Å². The molecule has 1 N–H and O–H groups in total. The molecule has 6 heteroatoms. The summed E-state index contributed by atoms with van der Waals surface area (Å²) >= 11 is 1.51. The summed E-state index contributed by atoms with van der Waals surface area (Å²) in [5.74, 6) is -1.25. The summed E-state index contributed by atoms with van der Waals surface area (Å²) in [7, 11) is 0. The third-order valence-corrected chi connectivity index (χ3v) is 4.15. The first-order valence-corrected chi connectivity index (χ1v) is 7.31. The molecule has 0 spiro atoms. The van der Waals surface area contributed by atoms with Crippen LogP contribution in [0.4, 0.5) is 17.6 Å². The predicted octanol–water partition coefficient (Wildman–Crippen LogP) is 4.91. The van der Waals surface area contributed by atoms with Gasteiger partial charge in [-0.25, -0.2) is 4.39 Å². The molecule has 0 fully saturated rings. The van der Waals surface area contributed by atoms with Crippen LogP contribution in [0.1, 0.15) is 33.8 Å². The van der Waals surface area contributed by atoms with Crippen LogP contribution in [-0.4, -0.2) is 6.54 Å². The van der Waals surface area contributed by atoms with Crippen LogP contribution in [0.3, 0.4) is 0 Å². The molecule has 0 saturated carbocycles. The zero-order valence-electron chi connectivity index (χ0n) is 11.6. The second kappa shape index (κ2) is 6.15. The summed E-state index contributed by atoms with van der Waals surface area (Å²) in [5, 5.41) is 3.15. The van der Waals surface area contributed by atoms with Crippen molar-refractivity contribution >= 4 is 11.3 Å². The van der Waals surface area contributed by atoms with E-state index in [9.17, 15) is 17.6 Å². The van der Waals surface area contributed by atoms with E-state index in [0.29, 0.717) is 12.1 Å². The van der Waals surface area contributed by atoms with Gasteiger partial charge in [-0.3, -0.25) is 0 Å². The van der Waals surface area contributed by atoms with Gasteiger partial charge in [-0.1, -0.05) is 13.0 Å². The summed E-state index contributed by atoms with van der Waals surface area (Å²) in [4.78, 5) is 1.99. The van der Waals surface area contributed by atoms with E-state index in [1.54, 1.807) is 0 Å². The van der Waals surface area contributed by atoms with E-state index in [2.05, 4.69) is 5.32 Å². The van der Waals surface area contributed by atoms with Crippen molar-refractivity contribution in [3.8, 4) is 0 Å². The van der Waals surface area contributed by atoms with Crippen molar-refractivity contribution in [3.63, 3.8) is 0 Å². The molecule has 1 unspecified atom stereocenters. The van der Waals surface area contributed by atoms with Crippen molar-refractivity contribution < 1.29 is 17.6 Å². The van der Waals surface area contributed by atoms with Crippen molar-refractivity contribution in [2.75, 3.05) is 6.54 Å². The lowest BCUT2D eigenvalue weighted by molar-refractivity contribution is -0.140. The fourth-order valence-corrected chi connectivity index (χ4v) is 3.12. The fourth-order valence-electron chi connectivity index (χ4n) is 2.14. The maximum atomic E-state index is 13.4. The van der Waals surface area contributed by atoms with Crippen LogP contribution in [0.25, 0.3) is 0 Å². The molecule has 1 heterocycles. The Morgan fingerprint density at radius 3 is 2.43 bits per heavy atom. The molecule has 2 rings (SSSR count). The molecule has 21 heavy (non-hydrogen) atoms. The van der Waals surface area contributed by atoms with Crippen LogP contribution < -0.4 is 5.32 Å². The third kappa shape index (κ3) is 3.63. The Kier molecular flexibility index (Phi) is 4.68. The Morgan fingerprint density at radius 2 is 1.90 bits per heavy atom.